The van der Waals surface area contributed by atoms with Gasteiger partial charge in [-0.25, -0.2) is 0 Å². The molecule has 1 spiro atoms. The van der Waals surface area contributed by atoms with Gasteiger partial charge in [0.15, 0.2) is 0 Å². The van der Waals surface area contributed by atoms with Gasteiger partial charge in [-0.1, -0.05) is 6.07 Å². The van der Waals surface area contributed by atoms with Crippen LogP contribution in [-0.4, -0.2) is 37.1 Å². The van der Waals surface area contributed by atoms with Crippen molar-refractivity contribution in [1.29, 1.82) is 5.26 Å². The maximum atomic E-state index is 12.5. The van der Waals surface area contributed by atoms with E-state index < -0.39 is 0 Å². The van der Waals surface area contributed by atoms with E-state index in [1.165, 1.54) is 0 Å². The average Bonchev–Trinajstić information content (AvgIpc) is 2.56. The number of carbonyl (C=O) groups is 1. The highest BCUT2D eigenvalue weighted by Gasteiger charge is 2.37. The van der Waals surface area contributed by atoms with Gasteiger partial charge in [0, 0.05) is 31.9 Å². The molecule has 0 bridgehead atoms. The minimum atomic E-state index is 0.0500. The molecule has 0 saturated carbocycles. The van der Waals surface area contributed by atoms with E-state index in [-0.39, 0.29) is 5.91 Å². The molecular weight excluding hydrogens is 264 g/mol. The standard InChI is InChI=1S/C17H20N2O2/c18-13-14-2-1-3-15(12-14)16(20)19-8-4-17(5-9-19)6-10-21-11-7-17/h1-3,12H,4-11H2. The first kappa shape index (κ1) is 14.1. The van der Waals surface area contributed by atoms with Crippen molar-refractivity contribution in [1.82, 2.24) is 4.90 Å². The van der Waals surface area contributed by atoms with Gasteiger partial charge < -0.3 is 9.64 Å². The highest BCUT2D eigenvalue weighted by atomic mass is 16.5. The van der Waals surface area contributed by atoms with Crippen molar-refractivity contribution in [3.63, 3.8) is 0 Å². The van der Waals surface area contributed by atoms with E-state index in [4.69, 9.17) is 10.00 Å². The quantitative estimate of drug-likeness (QED) is 0.796. The van der Waals surface area contributed by atoms with Gasteiger partial charge in [0.05, 0.1) is 11.6 Å². The minimum Gasteiger partial charge on any atom is -0.381 e. The van der Waals surface area contributed by atoms with Crippen molar-refractivity contribution in [3.8, 4) is 6.07 Å². The van der Waals surface area contributed by atoms with Crippen LogP contribution in [0.15, 0.2) is 24.3 Å². The molecule has 1 aromatic carbocycles. The number of hydrogen-bond acceptors (Lipinski definition) is 3. The topological polar surface area (TPSA) is 53.3 Å². The number of likely N-dealkylation sites (tertiary alicyclic amines) is 1. The molecule has 4 heteroatoms. The summed E-state index contributed by atoms with van der Waals surface area (Å²) in [5, 5.41) is 8.93. The Hall–Kier alpha value is -1.86. The first-order chi connectivity index (χ1) is 10.2. The van der Waals surface area contributed by atoms with E-state index in [1.54, 1.807) is 24.3 Å². The molecule has 0 unspecified atom stereocenters. The fraction of sp³-hybridized carbons (Fsp3) is 0.529. The third kappa shape index (κ3) is 2.93. The van der Waals surface area contributed by atoms with Gasteiger partial charge in [-0.3, -0.25) is 4.79 Å². The summed E-state index contributed by atoms with van der Waals surface area (Å²) in [5.41, 5.74) is 1.56. The van der Waals surface area contributed by atoms with Crippen molar-refractivity contribution < 1.29 is 9.53 Å². The van der Waals surface area contributed by atoms with Crippen LogP contribution >= 0.6 is 0 Å². The third-order valence-corrected chi connectivity index (χ3v) is 4.90. The van der Waals surface area contributed by atoms with Crippen LogP contribution in [0.3, 0.4) is 0 Å². The third-order valence-electron chi connectivity index (χ3n) is 4.90. The smallest absolute Gasteiger partial charge is 0.253 e. The van der Waals surface area contributed by atoms with E-state index in [0.717, 1.165) is 52.0 Å². The Balaban J connectivity index is 1.66. The van der Waals surface area contributed by atoms with Crippen LogP contribution in [0.5, 0.6) is 0 Å². The van der Waals surface area contributed by atoms with Crippen LogP contribution in [0.1, 0.15) is 41.6 Å². The Kier molecular flexibility index (Phi) is 3.94. The Morgan fingerprint density at radius 3 is 2.57 bits per heavy atom. The number of piperidine rings is 1. The van der Waals surface area contributed by atoms with Crippen molar-refractivity contribution >= 4 is 5.91 Å². The van der Waals surface area contributed by atoms with Gasteiger partial charge >= 0.3 is 0 Å². The Morgan fingerprint density at radius 1 is 1.19 bits per heavy atom. The Labute approximate surface area is 125 Å². The molecule has 2 aliphatic rings. The van der Waals surface area contributed by atoms with Crippen LogP contribution in [-0.2, 0) is 4.74 Å². The largest absolute Gasteiger partial charge is 0.381 e. The Morgan fingerprint density at radius 2 is 1.90 bits per heavy atom. The van der Waals surface area contributed by atoms with E-state index in [0.29, 0.717) is 16.5 Å². The number of rotatable bonds is 1. The summed E-state index contributed by atoms with van der Waals surface area (Å²) in [6.45, 7) is 3.35. The van der Waals surface area contributed by atoms with E-state index in [1.807, 2.05) is 4.90 Å². The summed E-state index contributed by atoms with van der Waals surface area (Å²) in [6, 6.07) is 9.06. The number of benzene rings is 1. The van der Waals surface area contributed by atoms with Gasteiger partial charge in [0.1, 0.15) is 0 Å². The van der Waals surface area contributed by atoms with E-state index >= 15 is 0 Å². The second kappa shape index (κ2) is 5.87. The summed E-state index contributed by atoms with van der Waals surface area (Å²) >= 11 is 0. The highest BCUT2D eigenvalue weighted by Crippen LogP contribution is 2.40. The molecule has 4 nitrogen and oxygen atoms in total. The lowest BCUT2D eigenvalue weighted by Crippen LogP contribution is -2.45. The minimum absolute atomic E-state index is 0.0500. The second-order valence-electron chi connectivity index (χ2n) is 6.10. The molecule has 2 aliphatic heterocycles. The first-order valence-corrected chi connectivity index (χ1v) is 7.60. The zero-order chi connectivity index (χ0) is 14.7. The predicted molar refractivity (Wildman–Crippen MR) is 78.8 cm³/mol. The molecule has 0 atom stereocenters. The fourth-order valence-corrected chi connectivity index (χ4v) is 3.39. The maximum Gasteiger partial charge on any atom is 0.253 e. The lowest BCUT2D eigenvalue weighted by atomic mass is 9.72. The van der Waals surface area contributed by atoms with Crippen LogP contribution in [0, 0.1) is 16.7 Å². The molecule has 110 valence electrons. The first-order valence-electron chi connectivity index (χ1n) is 7.60. The molecule has 0 radical (unpaired) electrons. The monoisotopic (exact) mass is 284 g/mol. The normalized spacial score (nSPS) is 21.0. The lowest BCUT2D eigenvalue weighted by Gasteiger charge is -2.44. The fourth-order valence-electron chi connectivity index (χ4n) is 3.39. The molecule has 21 heavy (non-hydrogen) atoms. The second-order valence-corrected chi connectivity index (χ2v) is 6.10. The van der Waals surface area contributed by atoms with Gasteiger partial charge in [0.25, 0.3) is 5.91 Å². The van der Waals surface area contributed by atoms with Crippen LogP contribution in [0.4, 0.5) is 0 Å². The van der Waals surface area contributed by atoms with Gasteiger partial charge in [-0.05, 0) is 49.3 Å². The maximum absolute atomic E-state index is 12.5. The van der Waals surface area contributed by atoms with Crippen molar-refractivity contribution in [2.75, 3.05) is 26.3 Å². The molecule has 2 heterocycles. The summed E-state index contributed by atoms with van der Waals surface area (Å²) in [6.07, 6.45) is 4.39. The number of carbonyl (C=O) groups excluding carboxylic acids is 1. The van der Waals surface area contributed by atoms with E-state index in [2.05, 4.69) is 6.07 Å². The molecule has 2 saturated heterocycles. The highest BCUT2D eigenvalue weighted by molar-refractivity contribution is 5.94. The zero-order valence-electron chi connectivity index (χ0n) is 12.2. The molecule has 0 aromatic heterocycles. The molecule has 2 fully saturated rings. The number of nitriles is 1. The summed E-state index contributed by atoms with van der Waals surface area (Å²) < 4.78 is 5.45. The van der Waals surface area contributed by atoms with Crippen molar-refractivity contribution in [3.05, 3.63) is 35.4 Å². The molecular formula is C17H20N2O2. The summed E-state index contributed by atoms with van der Waals surface area (Å²) in [4.78, 5) is 14.5. The lowest BCUT2D eigenvalue weighted by molar-refractivity contribution is -0.0175. The molecule has 1 amide bonds. The molecule has 0 N–H and O–H groups in total. The number of hydrogen-bond donors (Lipinski definition) is 0. The zero-order valence-corrected chi connectivity index (χ0v) is 12.2. The molecule has 3 rings (SSSR count). The number of amides is 1. The summed E-state index contributed by atoms with van der Waals surface area (Å²) in [7, 11) is 0. The van der Waals surface area contributed by atoms with Crippen LogP contribution in [0.2, 0.25) is 0 Å². The van der Waals surface area contributed by atoms with E-state index in [9.17, 15) is 4.79 Å². The van der Waals surface area contributed by atoms with Crippen LogP contribution in [0.25, 0.3) is 0 Å². The predicted octanol–water partition coefficient (Wildman–Crippen LogP) is 2.59. The summed E-state index contributed by atoms with van der Waals surface area (Å²) in [5.74, 6) is 0.0500. The Bertz CT molecular complexity index is 560. The van der Waals surface area contributed by atoms with Crippen LogP contribution < -0.4 is 0 Å². The average molecular weight is 284 g/mol. The van der Waals surface area contributed by atoms with Gasteiger partial charge in [-0.15, -0.1) is 0 Å². The van der Waals surface area contributed by atoms with Gasteiger partial charge in [-0.2, -0.15) is 5.26 Å². The van der Waals surface area contributed by atoms with Gasteiger partial charge in [0.2, 0.25) is 0 Å². The van der Waals surface area contributed by atoms with Crippen molar-refractivity contribution in [2.24, 2.45) is 5.41 Å². The number of ether oxygens (including phenoxy) is 1. The molecule has 0 aliphatic carbocycles. The van der Waals surface area contributed by atoms with Crippen molar-refractivity contribution in [2.45, 2.75) is 25.7 Å². The number of nitrogens with zero attached hydrogens (tertiary/aromatic N) is 2. The molecule has 1 aromatic rings. The SMILES string of the molecule is N#Cc1cccc(C(=O)N2CCC3(CCOCC3)CC2)c1.